The van der Waals surface area contributed by atoms with E-state index in [4.69, 9.17) is 23.4 Å². The Labute approximate surface area is 183 Å². The molecule has 0 aliphatic carbocycles. The molecule has 7 heteroatoms. The zero-order valence-corrected chi connectivity index (χ0v) is 18.8. The van der Waals surface area contributed by atoms with Crippen LogP contribution in [0.2, 0.25) is 0 Å². The maximum atomic E-state index is 11.3. The van der Waals surface area contributed by atoms with E-state index in [1.54, 1.807) is 33.7 Å². The van der Waals surface area contributed by atoms with Crippen molar-refractivity contribution in [2.75, 3.05) is 48.6 Å². The van der Waals surface area contributed by atoms with Crippen LogP contribution in [-0.4, -0.2) is 58.6 Å². The number of rotatable bonds is 11. The lowest BCUT2D eigenvalue weighted by atomic mass is 9.97. The molecular weight excluding hydrogens is 398 g/mol. The number of likely N-dealkylation sites (N-methyl/N-ethyl adjacent to an activating group) is 1. The molecule has 0 radical (unpaired) electrons. The molecule has 3 rings (SSSR count). The highest BCUT2D eigenvalue weighted by Crippen LogP contribution is 2.49. The van der Waals surface area contributed by atoms with Crippen LogP contribution in [0.15, 0.2) is 41.0 Å². The Balaban J connectivity index is 2.01. The van der Waals surface area contributed by atoms with Gasteiger partial charge >= 0.3 is 0 Å². The molecule has 0 saturated carbocycles. The summed E-state index contributed by atoms with van der Waals surface area (Å²) >= 11 is 0. The Morgan fingerprint density at radius 1 is 0.968 bits per heavy atom. The van der Waals surface area contributed by atoms with E-state index in [0.29, 0.717) is 54.4 Å². The molecule has 3 aromatic rings. The average Bonchev–Trinajstić information content (AvgIpc) is 3.25. The number of hydrogen-bond donors (Lipinski definition) is 1. The molecule has 7 nitrogen and oxygen atoms in total. The monoisotopic (exact) mass is 429 g/mol. The Morgan fingerprint density at radius 2 is 1.71 bits per heavy atom. The maximum Gasteiger partial charge on any atom is 0.205 e. The number of nitrogens with zero attached hydrogens (tertiary/aromatic N) is 1. The van der Waals surface area contributed by atoms with Crippen molar-refractivity contribution in [1.29, 1.82) is 0 Å². The van der Waals surface area contributed by atoms with Crippen molar-refractivity contribution in [2.45, 2.75) is 18.9 Å². The lowest BCUT2D eigenvalue weighted by molar-refractivity contribution is 0.154. The highest BCUT2D eigenvalue weighted by atomic mass is 16.5. The van der Waals surface area contributed by atoms with Crippen molar-refractivity contribution in [1.82, 2.24) is 4.90 Å². The molecule has 0 spiro atoms. The lowest BCUT2D eigenvalue weighted by Gasteiger charge is -2.23. The normalized spacial score (nSPS) is 12.2. The molecular formula is C24H31NO6. The number of aliphatic hydroxyl groups excluding tert-OH is 1. The Morgan fingerprint density at radius 3 is 2.39 bits per heavy atom. The van der Waals surface area contributed by atoms with E-state index in [9.17, 15) is 5.11 Å². The van der Waals surface area contributed by atoms with Gasteiger partial charge in [-0.15, -0.1) is 0 Å². The van der Waals surface area contributed by atoms with Crippen LogP contribution < -0.4 is 18.9 Å². The molecule has 0 amide bonds. The molecule has 31 heavy (non-hydrogen) atoms. The average molecular weight is 430 g/mol. The molecule has 1 heterocycles. The summed E-state index contributed by atoms with van der Waals surface area (Å²) in [6, 6.07) is 9.60. The van der Waals surface area contributed by atoms with Crippen molar-refractivity contribution in [3.05, 3.63) is 47.7 Å². The number of ether oxygens (including phenoxy) is 4. The highest BCUT2D eigenvalue weighted by Gasteiger charge is 2.29. The largest absolute Gasteiger partial charge is 0.496 e. The first-order chi connectivity index (χ1) is 15.0. The second-order valence-electron chi connectivity index (χ2n) is 7.49. The SMILES string of the molecule is COc1ccccc1CCC(O)c1c(OCCN(C)C)c(OC)c2occc2c1OC. The summed E-state index contributed by atoms with van der Waals surface area (Å²) in [6.07, 6.45) is 1.80. The minimum atomic E-state index is -0.845. The van der Waals surface area contributed by atoms with Gasteiger partial charge in [-0.05, 0) is 44.6 Å². The number of methoxy groups -OCH3 is 3. The molecule has 0 aliphatic heterocycles. The smallest absolute Gasteiger partial charge is 0.205 e. The summed E-state index contributed by atoms with van der Waals surface area (Å²) in [6.45, 7) is 1.13. The second kappa shape index (κ2) is 10.4. The van der Waals surface area contributed by atoms with E-state index in [-0.39, 0.29) is 0 Å². The maximum absolute atomic E-state index is 11.3. The number of benzene rings is 2. The van der Waals surface area contributed by atoms with Gasteiger partial charge in [0.05, 0.1) is 44.6 Å². The fraction of sp³-hybridized carbons (Fsp3) is 0.417. The summed E-state index contributed by atoms with van der Waals surface area (Å²) in [7, 11) is 8.73. The fourth-order valence-electron chi connectivity index (χ4n) is 3.67. The summed E-state index contributed by atoms with van der Waals surface area (Å²) in [5.41, 5.74) is 2.11. The van der Waals surface area contributed by atoms with Crippen molar-refractivity contribution in [2.24, 2.45) is 0 Å². The molecule has 0 bridgehead atoms. The van der Waals surface area contributed by atoms with E-state index in [0.717, 1.165) is 16.7 Å². The predicted octanol–water partition coefficient (Wildman–Crippen LogP) is 4.07. The van der Waals surface area contributed by atoms with Gasteiger partial charge in [-0.25, -0.2) is 0 Å². The first-order valence-electron chi connectivity index (χ1n) is 10.2. The van der Waals surface area contributed by atoms with Crippen molar-refractivity contribution in [3.63, 3.8) is 0 Å². The van der Waals surface area contributed by atoms with Gasteiger partial charge in [0.25, 0.3) is 0 Å². The molecule has 1 unspecified atom stereocenters. The van der Waals surface area contributed by atoms with Gasteiger partial charge in [-0.3, -0.25) is 0 Å². The minimum Gasteiger partial charge on any atom is -0.496 e. The number of fused-ring (bicyclic) bond motifs is 1. The number of aliphatic hydroxyl groups is 1. The van der Waals surface area contributed by atoms with E-state index in [1.165, 1.54) is 0 Å². The minimum absolute atomic E-state index is 0.422. The molecule has 168 valence electrons. The van der Waals surface area contributed by atoms with Crippen molar-refractivity contribution < 1.29 is 28.5 Å². The third-order valence-electron chi connectivity index (χ3n) is 5.22. The van der Waals surface area contributed by atoms with E-state index < -0.39 is 6.10 Å². The zero-order valence-electron chi connectivity index (χ0n) is 18.8. The van der Waals surface area contributed by atoms with Gasteiger partial charge in [0.1, 0.15) is 18.1 Å². The highest BCUT2D eigenvalue weighted by molar-refractivity contribution is 5.93. The van der Waals surface area contributed by atoms with Gasteiger partial charge < -0.3 is 33.4 Å². The first kappa shape index (κ1) is 22.8. The number of para-hydroxylation sites is 1. The number of hydrogen-bond acceptors (Lipinski definition) is 7. The molecule has 0 fully saturated rings. The third-order valence-corrected chi connectivity index (χ3v) is 5.22. The topological polar surface area (TPSA) is 73.5 Å². The number of furan rings is 1. The second-order valence-corrected chi connectivity index (χ2v) is 7.49. The van der Waals surface area contributed by atoms with Crippen molar-refractivity contribution >= 4 is 11.0 Å². The Hall–Kier alpha value is -2.90. The van der Waals surface area contributed by atoms with E-state index in [2.05, 4.69) is 0 Å². The Kier molecular flexibility index (Phi) is 7.65. The van der Waals surface area contributed by atoms with Gasteiger partial charge in [0.2, 0.25) is 5.75 Å². The molecule has 0 saturated heterocycles. The van der Waals surface area contributed by atoms with Crippen LogP contribution in [0, 0.1) is 0 Å². The van der Waals surface area contributed by atoms with Gasteiger partial charge in [0, 0.05) is 6.54 Å². The molecule has 1 aromatic heterocycles. The molecule has 0 aliphatic rings. The van der Waals surface area contributed by atoms with Crippen LogP contribution in [0.3, 0.4) is 0 Å². The van der Waals surface area contributed by atoms with Crippen LogP contribution in [-0.2, 0) is 6.42 Å². The molecule has 2 aromatic carbocycles. The lowest BCUT2D eigenvalue weighted by Crippen LogP contribution is -2.20. The summed E-state index contributed by atoms with van der Waals surface area (Å²) in [5.74, 6) is 2.21. The van der Waals surface area contributed by atoms with Crippen molar-refractivity contribution in [3.8, 4) is 23.0 Å². The van der Waals surface area contributed by atoms with Crippen LogP contribution in [0.25, 0.3) is 11.0 Å². The zero-order chi connectivity index (χ0) is 22.4. The molecule has 1 N–H and O–H groups in total. The van der Waals surface area contributed by atoms with Crippen LogP contribution in [0.5, 0.6) is 23.0 Å². The van der Waals surface area contributed by atoms with E-state index in [1.807, 2.05) is 43.3 Å². The third kappa shape index (κ3) is 4.89. The quantitative estimate of drug-likeness (QED) is 0.493. The fourth-order valence-corrected chi connectivity index (χ4v) is 3.67. The summed E-state index contributed by atoms with van der Waals surface area (Å²) in [5, 5.41) is 12.0. The standard InChI is InChI=1S/C24H31NO6/c1-25(2)13-15-31-23-20(18(26)11-10-16-8-6-7-9-19(16)27-3)21(28-4)17-12-14-30-22(17)24(23)29-5/h6-9,12,14,18,26H,10-11,13,15H2,1-5H3. The predicted molar refractivity (Wildman–Crippen MR) is 120 cm³/mol. The van der Waals surface area contributed by atoms with Gasteiger partial charge in [-0.2, -0.15) is 0 Å². The molecule has 1 atom stereocenters. The summed E-state index contributed by atoms with van der Waals surface area (Å²) in [4.78, 5) is 2.02. The van der Waals surface area contributed by atoms with Crippen LogP contribution >= 0.6 is 0 Å². The summed E-state index contributed by atoms with van der Waals surface area (Å²) < 4.78 is 28.6. The Bertz CT molecular complexity index is 997. The van der Waals surface area contributed by atoms with E-state index >= 15 is 0 Å². The first-order valence-corrected chi connectivity index (χ1v) is 10.2. The van der Waals surface area contributed by atoms with Crippen LogP contribution in [0.1, 0.15) is 23.7 Å². The van der Waals surface area contributed by atoms with Gasteiger partial charge in [-0.1, -0.05) is 18.2 Å². The van der Waals surface area contributed by atoms with Gasteiger partial charge in [0.15, 0.2) is 11.3 Å². The number of aryl methyl sites for hydroxylation is 1. The van der Waals surface area contributed by atoms with Crippen LogP contribution in [0.4, 0.5) is 0 Å².